The Hall–Kier alpha value is -5.29. The predicted octanol–water partition coefficient (Wildman–Crippen LogP) is 2.73. The molecule has 43 heavy (non-hydrogen) atoms. The van der Waals surface area contributed by atoms with Crippen LogP contribution in [0.3, 0.4) is 0 Å². The molecule has 2 aliphatic rings. The average molecular weight is 581 g/mol. The van der Waals surface area contributed by atoms with Crippen LogP contribution in [0.4, 0.5) is 5.69 Å². The molecule has 1 saturated heterocycles. The molecule has 0 aliphatic carbocycles. The Bertz CT molecular complexity index is 1670. The van der Waals surface area contributed by atoms with E-state index in [4.69, 9.17) is 14.2 Å². The minimum absolute atomic E-state index is 0.0739. The quantitative estimate of drug-likeness (QED) is 0.304. The van der Waals surface area contributed by atoms with Crippen LogP contribution in [0.1, 0.15) is 22.5 Å². The van der Waals surface area contributed by atoms with Crippen LogP contribution in [-0.4, -0.2) is 60.2 Å². The number of carbonyl (C=O) groups excluding carboxylic acids is 4. The van der Waals surface area contributed by atoms with Gasteiger partial charge in [-0.2, -0.15) is 0 Å². The molecule has 1 fully saturated rings. The average Bonchev–Trinajstić information content (AvgIpc) is 3.32. The molecule has 0 radical (unpaired) electrons. The Morgan fingerprint density at radius 3 is 2.56 bits per heavy atom. The van der Waals surface area contributed by atoms with E-state index in [0.717, 1.165) is 10.9 Å². The third kappa shape index (κ3) is 6.16. The van der Waals surface area contributed by atoms with Crippen molar-refractivity contribution in [2.45, 2.75) is 31.4 Å². The first kappa shape index (κ1) is 27.9. The normalized spacial score (nSPS) is 19.6. The van der Waals surface area contributed by atoms with E-state index in [0.29, 0.717) is 16.8 Å². The number of para-hydroxylation sites is 2. The highest BCUT2D eigenvalue weighted by Gasteiger charge is 2.39. The summed E-state index contributed by atoms with van der Waals surface area (Å²) < 4.78 is 17.0. The molecule has 6 rings (SSSR count). The molecule has 0 bridgehead atoms. The van der Waals surface area contributed by atoms with Crippen molar-refractivity contribution < 1.29 is 33.4 Å². The highest BCUT2D eigenvalue weighted by atomic mass is 16.7. The van der Waals surface area contributed by atoms with E-state index in [9.17, 15) is 19.2 Å². The van der Waals surface area contributed by atoms with Crippen molar-refractivity contribution in [2.24, 2.45) is 0 Å². The van der Waals surface area contributed by atoms with Gasteiger partial charge >= 0.3 is 5.97 Å². The molecule has 2 aliphatic heterocycles. The largest absolute Gasteiger partial charge is 0.489 e. The number of benzene rings is 3. The zero-order valence-corrected chi connectivity index (χ0v) is 23.0. The summed E-state index contributed by atoms with van der Waals surface area (Å²) in [5.74, 6) is -1.74. The van der Waals surface area contributed by atoms with Crippen LogP contribution < -0.4 is 20.3 Å². The van der Waals surface area contributed by atoms with Gasteiger partial charge in [-0.3, -0.25) is 29.1 Å². The van der Waals surface area contributed by atoms with Gasteiger partial charge in [-0.25, -0.2) is 0 Å². The summed E-state index contributed by atoms with van der Waals surface area (Å²) in [6.07, 6.45) is 0.478. The minimum Gasteiger partial charge on any atom is -0.489 e. The van der Waals surface area contributed by atoms with Crippen LogP contribution >= 0.6 is 0 Å². The second-order valence-electron chi connectivity index (χ2n) is 10.1. The number of ether oxygens (including phenoxy) is 3. The minimum atomic E-state index is -1.10. The monoisotopic (exact) mass is 580 g/mol. The third-order valence-electron chi connectivity index (χ3n) is 7.19. The van der Waals surface area contributed by atoms with Crippen LogP contribution in [-0.2, 0) is 30.5 Å². The maximum atomic E-state index is 13.8. The lowest BCUT2D eigenvalue weighted by molar-refractivity contribution is -0.168. The van der Waals surface area contributed by atoms with Gasteiger partial charge in [0.2, 0.25) is 12.2 Å². The number of amides is 3. The molecule has 4 aromatic rings. The van der Waals surface area contributed by atoms with Gasteiger partial charge in [0.15, 0.2) is 0 Å². The van der Waals surface area contributed by atoms with Crippen LogP contribution in [0, 0.1) is 0 Å². The van der Waals surface area contributed by atoms with E-state index in [-0.39, 0.29) is 25.3 Å². The van der Waals surface area contributed by atoms with Gasteiger partial charge in [0.05, 0.1) is 18.7 Å². The molecule has 3 amide bonds. The van der Waals surface area contributed by atoms with E-state index in [1.165, 1.54) is 11.1 Å². The Morgan fingerprint density at radius 2 is 1.70 bits per heavy atom. The summed E-state index contributed by atoms with van der Waals surface area (Å²) in [7, 11) is 0. The number of cyclic esters (lactones) is 1. The summed E-state index contributed by atoms with van der Waals surface area (Å²) in [6.45, 7) is -0.355. The number of rotatable bonds is 8. The van der Waals surface area contributed by atoms with Crippen LogP contribution in [0.2, 0.25) is 0 Å². The molecule has 218 valence electrons. The zero-order chi connectivity index (χ0) is 29.8. The molecule has 0 spiro atoms. The molecule has 3 atom stereocenters. The molecule has 1 unspecified atom stereocenters. The van der Waals surface area contributed by atoms with Crippen LogP contribution in [0.15, 0.2) is 91.1 Å². The summed E-state index contributed by atoms with van der Waals surface area (Å²) in [6, 6.07) is 23.4. The van der Waals surface area contributed by atoms with Crippen molar-refractivity contribution in [3.05, 3.63) is 102 Å². The molecular weight excluding hydrogens is 552 g/mol. The van der Waals surface area contributed by atoms with Crippen LogP contribution in [0.5, 0.6) is 5.75 Å². The third-order valence-corrected chi connectivity index (χ3v) is 7.19. The van der Waals surface area contributed by atoms with Gasteiger partial charge < -0.3 is 24.8 Å². The molecule has 11 heteroatoms. The van der Waals surface area contributed by atoms with Gasteiger partial charge in [0.1, 0.15) is 36.7 Å². The number of esters is 1. The first-order chi connectivity index (χ1) is 21.0. The molecule has 11 nitrogen and oxygen atoms in total. The number of hydrogen-bond donors (Lipinski definition) is 2. The highest BCUT2D eigenvalue weighted by molar-refractivity contribution is 6.09. The Morgan fingerprint density at radius 1 is 0.930 bits per heavy atom. The van der Waals surface area contributed by atoms with Crippen molar-refractivity contribution >= 4 is 40.2 Å². The lowest BCUT2D eigenvalue weighted by Gasteiger charge is -2.25. The fourth-order valence-corrected chi connectivity index (χ4v) is 5.10. The van der Waals surface area contributed by atoms with Gasteiger partial charge in [0.25, 0.3) is 11.8 Å². The highest BCUT2D eigenvalue weighted by Crippen LogP contribution is 2.31. The fourth-order valence-electron chi connectivity index (χ4n) is 5.10. The molecule has 1 aromatic heterocycles. The van der Waals surface area contributed by atoms with Gasteiger partial charge in [0, 0.05) is 11.6 Å². The topological polar surface area (TPSA) is 136 Å². The molecular formula is C32H28N4O7. The fraction of sp³-hybridized carbons (Fsp3) is 0.219. The van der Waals surface area contributed by atoms with Gasteiger partial charge in [-0.15, -0.1) is 0 Å². The SMILES string of the molecule is O=C(CN1C(=O)[C@@H](NC(=O)c2nccc3ccccc23)COc2ccccc21)N[C@H]1CC(=O)OC1OCc1ccccc1. The number of nitrogens with one attached hydrogen (secondary N) is 2. The smallest absolute Gasteiger partial charge is 0.310 e. The number of nitrogens with zero attached hydrogens (tertiary/aromatic N) is 2. The van der Waals surface area contributed by atoms with Crippen LogP contribution in [0.25, 0.3) is 10.8 Å². The van der Waals surface area contributed by atoms with Crippen molar-refractivity contribution in [2.75, 3.05) is 18.1 Å². The molecule has 3 aromatic carbocycles. The summed E-state index contributed by atoms with van der Waals surface area (Å²) in [5.41, 5.74) is 1.43. The Kier molecular flexibility index (Phi) is 7.96. The summed E-state index contributed by atoms with van der Waals surface area (Å²) >= 11 is 0. The number of aromatic nitrogens is 1. The van der Waals surface area contributed by atoms with Gasteiger partial charge in [-0.05, 0) is 29.1 Å². The zero-order valence-electron chi connectivity index (χ0n) is 23.0. The van der Waals surface area contributed by atoms with E-state index in [1.54, 1.807) is 42.5 Å². The molecule has 3 heterocycles. The lowest BCUT2D eigenvalue weighted by Crippen LogP contribution is -2.53. The first-order valence-electron chi connectivity index (χ1n) is 13.8. The van der Waals surface area contributed by atoms with Gasteiger partial charge in [-0.1, -0.05) is 66.7 Å². The second-order valence-corrected chi connectivity index (χ2v) is 10.1. The maximum absolute atomic E-state index is 13.8. The van der Waals surface area contributed by atoms with Crippen molar-refractivity contribution in [3.8, 4) is 5.75 Å². The Balaban J connectivity index is 1.17. The molecule has 0 saturated carbocycles. The first-order valence-corrected chi connectivity index (χ1v) is 13.8. The predicted molar refractivity (Wildman–Crippen MR) is 155 cm³/mol. The maximum Gasteiger partial charge on any atom is 0.310 e. The number of pyridine rings is 1. The number of fused-ring (bicyclic) bond motifs is 2. The second kappa shape index (κ2) is 12.3. The van der Waals surface area contributed by atoms with E-state index in [1.807, 2.05) is 42.5 Å². The standard InChI is InChI=1S/C32H28N4O7/c37-27(34-23-16-28(38)43-32(23)42-18-20-8-2-1-3-9-20)17-36-25-12-6-7-13-26(25)41-19-24(31(36)40)35-30(39)29-22-11-5-4-10-21(22)14-15-33-29/h1-15,23-24,32H,16-19H2,(H,34,37)(H,35,39)/t23-,24-,32?/m0/s1. The van der Waals surface area contributed by atoms with E-state index in [2.05, 4.69) is 15.6 Å². The van der Waals surface area contributed by atoms with Crippen molar-refractivity contribution in [3.63, 3.8) is 0 Å². The van der Waals surface area contributed by atoms with Crippen molar-refractivity contribution in [1.29, 1.82) is 0 Å². The van der Waals surface area contributed by atoms with E-state index < -0.39 is 48.6 Å². The van der Waals surface area contributed by atoms with Crippen molar-refractivity contribution in [1.82, 2.24) is 15.6 Å². The summed E-state index contributed by atoms with van der Waals surface area (Å²) in [4.78, 5) is 58.0. The number of hydrogen-bond acceptors (Lipinski definition) is 8. The summed E-state index contributed by atoms with van der Waals surface area (Å²) in [5, 5.41) is 6.98. The van der Waals surface area contributed by atoms with E-state index >= 15 is 0 Å². The lowest BCUT2D eigenvalue weighted by atomic mass is 10.1. The number of anilines is 1. The number of carbonyl (C=O) groups is 4. The molecule has 2 N–H and O–H groups in total. The Labute approximate surface area is 246 Å².